The van der Waals surface area contributed by atoms with E-state index in [2.05, 4.69) is 16.0 Å². The van der Waals surface area contributed by atoms with E-state index >= 15 is 4.39 Å². The predicted molar refractivity (Wildman–Crippen MR) is 112 cm³/mol. The maximum absolute atomic E-state index is 15.5. The molecule has 2 aliphatic rings. The Morgan fingerprint density at radius 1 is 1.21 bits per heavy atom. The van der Waals surface area contributed by atoms with Crippen LogP contribution in [0.2, 0.25) is 0 Å². The highest BCUT2D eigenvalue weighted by molar-refractivity contribution is 5.87. The second-order valence-electron chi connectivity index (χ2n) is 8.11. The van der Waals surface area contributed by atoms with Crippen LogP contribution in [0.5, 0.6) is 11.5 Å². The maximum atomic E-state index is 15.5. The van der Waals surface area contributed by atoms with Crippen LogP contribution < -0.4 is 9.47 Å². The summed E-state index contributed by atoms with van der Waals surface area (Å²) in [4.78, 5) is 6.94. The fraction of sp³-hybridized carbons (Fsp3) is 0.609. The second kappa shape index (κ2) is 9.26. The zero-order chi connectivity index (χ0) is 20.2. The van der Waals surface area contributed by atoms with Crippen molar-refractivity contribution >= 4 is 10.9 Å². The molecule has 0 aliphatic carbocycles. The Morgan fingerprint density at radius 3 is 2.69 bits per heavy atom. The van der Waals surface area contributed by atoms with E-state index in [1.165, 1.54) is 12.8 Å². The molecule has 0 unspecified atom stereocenters. The molecule has 2 aromatic rings. The zero-order valence-corrected chi connectivity index (χ0v) is 17.5. The number of benzene rings is 1. The number of hydrogen-bond donors (Lipinski definition) is 0. The first-order chi connectivity index (χ1) is 14.2. The first kappa shape index (κ1) is 20.4. The summed E-state index contributed by atoms with van der Waals surface area (Å²) in [5.41, 5.74) is 2.33. The molecular formula is C23H31FN2O3. The highest BCUT2D eigenvalue weighted by atomic mass is 19.1. The Kier molecular flexibility index (Phi) is 6.50. The van der Waals surface area contributed by atoms with E-state index in [1.54, 1.807) is 7.11 Å². The number of fused-ring (bicyclic) bond motifs is 1. The lowest BCUT2D eigenvalue weighted by atomic mass is 9.88. The van der Waals surface area contributed by atoms with Crippen LogP contribution in [-0.2, 0) is 4.74 Å². The van der Waals surface area contributed by atoms with Gasteiger partial charge in [-0.25, -0.2) is 9.37 Å². The van der Waals surface area contributed by atoms with Gasteiger partial charge in [0.2, 0.25) is 0 Å². The lowest BCUT2D eigenvalue weighted by molar-refractivity contribution is 0.0856. The van der Waals surface area contributed by atoms with Crippen LogP contribution >= 0.6 is 0 Å². The van der Waals surface area contributed by atoms with Crippen molar-refractivity contribution in [3.05, 3.63) is 29.2 Å². The third kappa shape index (κ3) is 4.48. The van der Waals surface area contributed by atoms with Crippen molar-refractivity contribution in [2.45, 2.75) is 44.9 Å². The molecule has 0 atom stereocenters. The van der Waals surface area contributed by atoms with Gasteiger partial charge < -0.3 is 19.1 Å². The number of aryl methyl sites for hydroxylation is 1. The Bertz CT molecular complexity index is 846. The summed E-state index contributed by atoms with van der Waals surface area (Å²) in [5.74, 6) is 0.550. The molecule has 158 valence electrons. The zero-order valence-electron chi connectivity index (χ0n) is 17.5. The van der Waals surface area contributed by atoms with E-state index in [4.69, 9.17) is 14.2 Å². The molecule has 2 aliphatic heterocycles. The van der Waals surface area contributed by atoms with Crippen molar-refractivity contribution < 1.29 is 18.6 Å². The third-order valence-corrected chi connectivity index (χ3v) is 6.07. The Morgan fingerprint density at radius 2 is 1.97 bits per heavy atom. The first-order valence-corrected chi connectivity index (χ1v) is 10.8. The van der Waals surface area contributed by atoms with E-state index in [0.29, 0.717) is 23.8 Å². The molecule has 1 aromatic carbocycles. The normalized spacial score (nSPS) is 18.4. The molecule has 0 amide bonds. The summed E-state index contributed by atoms with van der Waals surface area (Å²) >= 11 is 0. The summed E-state index contributed by atoms with van der Waals surface area (Å²) in [7, 11) is 1.56. The molecule has 3 heterocycles. The van der Waals surface area contributed by atoms with Crippen LogP contribution in [-0.4, -0.2) is 56.4 Å². The number of ether oxygens (including phenoxy) is 3. The molecule has 0 spiro atoms. The van der Waals surface area contributed by atoms with E-state index in [1.807, 2.05) is 13.0 Å². The Hall–Kier alpha value is -1.92. The monoisotopic (exact) mass is 402 g/mol. The van der Waals surface area contributed by atoms with Gasteiger partial charge in [-0.15, -0.1) is 0 Å². The van der Waals surface area contributed by atoms with E-state index in [-0.39, 0.29) is 5.75 Å². The van der Waals surface area contributed by atoms with Gasteiger partial charge >= 0.3 is 0 Å². The SMILES string of the molecule is COc1cc2c(C3CCOCC3)cc(C)nc2c(F)c1OCCCN1CCCC1. The molecule has 0 saturated carbocycles. The molecule has 0 bridgehead atoms. The summed E-state index contributed by atoms with van der Waals surface area (Å²) in [6.45, 7) is 7.17. The minimum atomic E-state index is -0.419. The molecule has 6 heteroatoms. The topological polar surface area (TPSA) is 43.8 Å². The number of rotatable bonds is 7. The van der Waals surface area contributed by atoms with Crippen LogP contribution in [0.3, 0.4) is 0 Å². The number of methoxy groups -OCH3 is 1. The van der Waals surface area contributed by atoms with Crippen molar-refractivity contribution in [2.75, 3.05) is 46.6 Å². The van der Waals surface area contributed by atoms with Gasteiger partial charge in [-0.1, -0.05) is 0 Å². The van der Waals surface area contributed by atoms with E-state index < -0.39 is 5.82 Å². The number of halogens is 1. The van der Waals surface area contributed by atoms with Crippen molar-refractivity contribution in [3.8, 4) is 11.5 Å². The Balaban J connectivity index is 1.60. The summed E-state index contributed by atoms with van der Waals surface area (Å²) in [6, 6.07) is 3.97. The van der Waals surface area contributed by atoms with Gasteiger partial charge in [0.15, 0.2) is 17.3 Å². The average Bonchev–Trinajstić information content (AvgIpc) is 3.26. The van der Waals surface area contributed by atoms with Gasteiger partial charge in [0.05, 0.1) is 13.7 Å². The van der Waals surface area contributed by atoms with Crippen LogP contribution in [0, 0.1) is 12.7 Å². The smallest absolute Gasteiger partial charge is 0.199 e. The van der Waals surface area contributed by atoms with Gasteiger partial charge in [0, 0.05) is 30.8 Å². The highest BCUT2D eigenvalue weighted by Crippen LogP contribution is 2.40. The van der Waals surface area contributed by atoms with E-state index in [0.717, 1.165) is 68.8 Å². The van der Waals surface area contributed by atoms with Crippen LogP contribution in [0.1, 0.15) is 49.3 Å². The molecule has 0 N–H and O–H groups in total. The minimum absolute atomic E-state index is 0.178. The summed E-state index contributed by atoms with van der Waals surface area (Å²) in [5, 5.41) is 0.821. The van der Waals surface area contributed by atoms with E-state index in [9.17, 15) is 0 Å². The van der Waals surface area contributed by atoms with Crippen LogP contribution in [0.25, 0.3) is 10.9 Å². The Labute approximate surface area is 172 Å². The quantitative estimate of drug-likeness (QED) is 0.640. The summed E-state index contributed by atoms with van der Waals surface area (Å²) < 4.78 is 32.3. The fourth-order valence-electron chi connectivity index (χ4n) is 4.54. The van der Waals surface area contributed by atoms with Gasteiger partial charge in [-0.2, -0.15) is 0 Å². The number of pyridine rings is 1. The summed E-state index contributed by atoms with van der Waals surface area (Å²) in [6.07, 6.45) is 5.30. The first-order valence-electron chi connectivity index (χ1n) is 10.8. The average molecular weight is 403 g/mol. The van der Waals surface area contributed by atoms with Crippen molar-refractivity contribution in [3.63, 3.8) is 0 Å². The van der Waals surface area contributed by atoms with Gasteiger partial charge in [0.1, 0.15) is 5.52 Å². The third-order valence-electron chi connectivity index (χ3n) is 6.07. The largest absolute Gasteiger partial charge is 0.493 e. The number of likely N-dealkylation sites (tertiary alicyclic amines) is 1. The van der Waals surface area contributed by atoms with Crippen molar-refractivity contribution in [1.29, 1.82) is 0 Å². The van der Waals surface area contributed by atoms with Crippen molar-refractivity contribution in [1.82, 2.24) is 9.88 Å². The highest BCUT2D eigenvalue weighted by Gasteiger charge is 2.24. The number of aromatic nitrogens is 1. The standard InChI is InChI=1S/C23H31FN2O3/c1-16-14-18(17-6-12-28-13-7-17)19-15-20(27-2)23(21(24)22(19)25-16)29-11-5-10-26-8-3-4-9-26/h14-15,17H,3-13H2,1-2H3. The molecule has 1 aromatic heterocycles. The number of nitrogens with zero attached hydrogens (tertiary/aromatic N) is 2. The van der Waals surface area contributed by atoms with Gasteiger partial charge in [-0.05, 0) is 75.7 Å². The number of hydrogen-bond acceptors (Lipinski definition) is 5. The molecule has 5 nitrogen and oxygen atoms in total. The van der Waals surface area contributed by atoms with Gasteiger partial charge in [0.25, 0.3) is 0 Å². The predicted octanol–water partition coefficient (Wildman–Crippen LogP) is 4.45. The minimum Gasteiger partial charge on any atom is -0.493 e. The second-order valence-corrected chi connectivity index (χ2v) is 8.11. The maximum Gasteiger partial charge on any atom is 0.199 e. The van der Waals surface area contributed by atoms with Crippen LogP contribution in [0.15, 0.2) is 12.1 Å². The molecule has 29 heavy (non-hydrogen) atoms. The molecule has 2 fully saturated rings. The fourth-order valence-corrected chi connectivity index (χ4v) is 4.54. The van der Waals surface area contributed by atoms with Crippen molar-refractivity contribution in [2.24, 2.45) is 0 Å². The van der Waals surface area contributed by atoms with Gasteiger partial charge in [-0.3, -0.25) is 0 Å². The lowest BCUT2D eigenvalue weighted by Gasteiger charge is -2.24. The molecule has 4 rings (SSSR count). The molecule has 0 radical (unpaired) electrons. The van der Waals surface area contributed by atoms with Crippen LogP contribution in [0.4, 0.5) is 4.39 Å². The lowest BCUT2D eigenvalue weighted by Crippen LogP contribution is -2.22. The molecular weight excluding hydrogens is 371 g/mol. The molecule has 2 saturated heterocycles.